The lowest BCUT2D eigenvalue weighted by Gasteiger charge is -2.01. The van der Waals surface area contributed by atoms with Gasteiger partial charge in [0.2, 0.25) is 0 Å². The summed E-state index contributed by atoms with van der Waals surface area (Å²) in [6.07, 6.45) is 2.58. The molecule has 106 valence electrons. The molecule has 1 N–H and O–H groups in total. The van der Waals surface area contributed by atoms with E-state index in [0.717, 1.165) is 6.26 Å². The van der Waals surface area contributed by atoms with E-state index >= 15 is 0 Å². The molecule has 0 atom stereocenters. The summed E-state index contributed by atoms with van der Waals surface area (Å²) >= 11 is 0. The van der Waals surface area contributed by atoms with E-state index < -0.39 is 15.8 Å². The van der Waals surface area contributed by atoms with Crippen molar-refractivity contribution in [1.29, 1.82) is 0 Å². The fraction of sp³-hybridized carbons (Fsp3) is 0.231. The summed E-state index contributed by atoms with van der Waals surface area (Å²) < 4.78 is 24.3. The van der Waals surface area contributed by atoms with Crippen LogP contribution in [0.25, 0.3) is 11.3 Å². The van der Waals surface area contributed by atoms with Gasteiger partial charge in [-0.05, 0) is 19.1 Å². The van der Waals surface area contributed by atoms with Gasteiger partial charge in [-0.25, -0.2) is 13.2 Å². The van der Waals surface area contributed by atoms with Crippen LogP contribution in [-0.4, -0.2) is 35.5 Å². The molecule has 0 aliphatic heterocycles. The van der Waals surface area contributed by atoms with Crippen LogP contribution >= 0.6 is 0 Å². The molecule has 0 bridgehead atoms. The van der Waals surface area contributed by atoms with Crippen LogP contribution in [0.3, 0.4) is 0 Å². The monoisotopic (exact) mass is 294 g/mol. The number of benzene rings is 1. The highest BCUT2D eigenvalue weighted by atomic mass is 32.2. The van der Waals surface area contributed by atoms with Gasteiger partial charge in [0.25, 0.3) is 0 Å². The van der Waals surface area contributed by atoms with Crippen LogP contribution in [0.15, 0.2) is 35.4 Å². The molecule has 6 nitrogen and oxygen atoms in total. The second-order valence-corrected chi connectivity index (χ2v) is 6.36. The zero-order valence-electron chi connectivity index (χ0n) is 11.1. The van der Waals surface area contributed by atoms with Crippen LogP contribution in [0.4, 0.5) is 0 Å². The van der Waals surface area contributed by atoms with E-state index in [0.29, 0.717) is 17.8 Å². The lowest BCUT2D eigenvalue weighted by Crippen LogP contribution is -1.98. The molecule has 1 aromatic carbocycles. The van der Waals surface area contributed by atoms with Crippen LogP contribution in [0.1, 0.15) is 17.3 Å². The van der Waals surface area contributed by atoms with Gasteiger partial charge in [0, 0.05) is 24.6 Å². The van der Waals surface area contributed by atoms with Crippen LogP contribution in [0.5, 0.6) is 0 Å². The van der Waals surface area contributed by atoms with E-state index in [1.165, 1.54) is 23.0 Å². The van der Waals surface area contributed by atoms with Gasteiger partial charge in [0.15, 0.2) is 9.84 Å². The standard InChI is InChI=1S/C13H14N2O4S/c1-3-15-8-11(13(16)17)12(14-15)9-4-6-10(7-5-9)20(2,18)19/h4-8H,3H2,1-2H3,(H,16,17). The second kappa shape index (κ2) is 5.09. The van der Waals surface area contributed by atoms with E-state index in [9.17, 15) is 18.3 Å². The minimum absolute atomic E-state index is 0.0963. The molecule has 0 aliphatic rings. The molecule has 0 fully saturated rings. The van der Waals surface area contributed by atoms with Gasteiger partial charge in [-0.2, -0.15) is 5.10 Å². The van der Waals surface area contributed by atoms with Crippen molar-refractivity contribution in [3.8, 4) is 11.3 Å². The molecule has 0 saturated heterocycles. The molecule has 0 spiro atoms. The Labute approximate surface area is 116 Å². The fourth-order valence-electron chi connectivity index (χ4n) is 1.81. The molecular formula is C13H14N2O4S. The first-order chi connectivity index (χ1) is 9.32. The van der Waals surface area contributed by atoms with Crippen LogP contribution in [-0.2, 0) is 16.4 Å². The van der Waals surface area contributed by atoms with E-state index in [1.54, 1.807) is 12.1 Å². The summed E-state index contributed by atoms with van der Waals surface area (Å²) in [6, 6.07) is 6.01. The number of aryl methyl sites for hydroxylation is 1. The molecule has 2 aromatic rings. The molecule has 2 rings (SSSR count). The fourth-order valence-corrected chi connectivity index (χ4v) is 2.44. The first kappa shape index (κ1) is 14.3. The first-order valence-corrected chi connectivity index (χ1v) is 7.83. The van der Waals surface area contributed by atoms with Crippen molar-refractivity contribution in [2.45, 2.75) is 18.4 Å². The van der Waals surface area contributed by atoms with Crippen molar-refractivity contribution in [3.05, 3.63) is 36.0 Å². The highest BCUT2D eigenvalue weighted by Crippen LogP contribution is 2.23. The Morgan fingerprint density at radius 2 is 1.90 bits per heavy atom. The van der Waals surface area contributed by atoms with Crippen molar-refractivity contribution in [2.75, 3.05) is 6.26 Å². The maximum Gasteiger partial charge on any atom is 0.339 e. The molecule has 1 heterocycles. The summed E-state index contributed by atoms with van der Waals surface area (Å²) in [7, 11) is -3.27. The predicted octanol–water partition coefficient (Wildman–Crippen LogP) is 1.67. The summed E-state index contributed by atoms with van der Waals surface area (Å²) in [5.74, 6) is -1.06. The maximum atomic E-state index is 11.4. The summed E-state index contributed by atoms with van der Waals surface area (Å²) in [6.45, 7) is 2.41. The second-order valence-electron chi connectivity index (χ2n) is 4.35. The maximum absolute atomic E-state index is 11.4. The minimum Gasteiger partial charge on any atom is -0.478 e. The molecule has 0 saturated carbocycles. The number of sulfone groups is 1. The summed E-state index contributed by atoms with van der Waals surface area (Å²) in [5.41, 5.74) is 1.00. The number of hydrogen-bond donors (Lipinski definition) is 1. The van der Waals surface area contributed by atoms with E-state index in [-0.39, 0.29) is 10.5 Å². The third-order valence-electron chi connectivity index (χ3n) is 2.87. The van der Waals surface area contributed by atoms with Gasteiger partial charge in [-0.15, -0.1) is 0 Å². The van der Waals surface area contributed by atoms with Gasteiger partial charge in [-0.3, -0.25) is 4.68 Å². The zero-order valence-corrected chi connectivity index (χ0v) is 11.9. The van der Waals surface area contributed by atoms with Crippen LogP contribution in [0, 0.1) is 0 Å². The van der Waals surface area contributed by atoms with Crippen molar-refractivity contribution in [1.82, 2.24) is 9.78 Å². The molecule has 7 heteroatoms. The molecule has 0 unspecified atom stereocenters. The molecule has 0 aliphatic carbocycles. The molecule has 1 aromatic heterocycles. The summed E-state index contributed by atoms with van der Waals surface area (Å²) in [5, 5.41) is 13.4. The largest absolute Gasteiger partial charge is 0.478 e. The number of carboxylic acid groups (broad SMARTS) is 1. The summed E-state index contributed by atoms with van der Waals surface area (Å²) in [4.78, 5) is 11.4. The zero-order chi connectivity index (χ0) is 14.9. The van der Waals surface area contributed by atoms with E-state index in [1.807, 2.05) is 6.92 Å². The normalized spacial score (nSPS) is 11.5. The van der Waals surface area contributed by atoms with E-state index in [2.05, 4.69) is 5.10 Å². The number of carboxylic acids is 1. The number of nitrogens with zero attached hydrogens (tertiary/aromatic N) is 2. The Kier molecular flexibility index (Phi) is 3.63. The number of carbonyl (C=O) groups is 1. The van der Waals surface area contributed by atoms with Gasteiger partial charge in [0.1, 0.15) is 11.3 Å². The average molecular weight is 294 g/mol. The number of aromatic carboxylic acids is 1. The Hall–Kier alpha value is -2.15. The molecular weight excluding hydrogens is 280 g/mol. The number of aromatic nitrogens is 2. The Bertz CT molecular complexity index is 745. The number of rotatable bonds is 4. The average Bonchev–Trinajstić information content (AvgIpc) is 2.82. The van der Waals surface area contributed by atoms with Crippen LogP contribution in [0.2, 0.25) is 0 Å². The van der Waals surface area contributed by atoms with Crippen molar-refractivity contribution in [2.24, 2.45) is 0 Å². The third-order valence-corrected chi connectivity index (χ3v) is 4.00. The Balaban J connectivity index is 2.51. The SMILES string of the molecule is CCn1cc(C(=O)O)c(-c2ccc(S(C)(=O)=O)cc2)n1. The highest BCUT2D eigenvalue weighted by Gasteiger charge is 2.17. The van der Waals surface area contributed by atoms with Gasteiger partial charge >= 0.3 is 5.97 Å². The molecule has 0 amide bonds. The third kappa shape index (κ3) is 2.72. The highest BCUT2D eigenvalue weighted by molar-refractivity contribution is 7.90. The van der Waals surface area contributed by atoms with Crippen LogP contribution < -0.4 is 0 Å². The smallest absolute Gasteiger partial charge is 0.339 e. The Morgan fingerprint density at radius 3 is 2.35 bits per heavy atom. The van der Waals surface area contributed by atoms with Gasteiger partial charge in [0.05, 0.1) is 4.90 Å². The van der Waals surface area contributed by atoms with Gasteiger partial charge in [-0.1, -0.05) is 12.1 Å². The van der Waals surface area contributed by atoms with Crippen molar-refractivity contribution < 1.29 is 18.3 Å². The predicted molar refractivity (Wildman–Crippen MR) is 73.4 cm³/mol. The minimum atomic E-state index is -3.27. The first-order valence-electron chi connectivity index (χ1n) is 5.94. The quantitative estimate of drug-likeness (QED) is 0.926. The lowest BCUT2D eigenvalue weighted by atomic mass is 10.1. The van der Waals surface area contributed by atoms with Crippen molar-refractivity contribution in [3.63, 3.8) is 0 Å². The van der Waals surface area contributed by atoms with Gasteiger partial charge < -0.3 is 5.11 Å². The van der Waals surface area contributed by atoms with Crippen molar-refractivity contribution >= 4 is 15.8 Å². The number of hydrogen-bond acceptors (Lipinski definition) is 4. The Morgan fingerprint density at radius 1 is 1.30 bits per heavy atom. The molecule has 20 heavy (non-hydrogen) atoms. The topological polar surface area (TPSA) is 89.3 Å². The molecule has 0 radical (unpaired) electrons. The lowest BCUT2D eigenvalue weighted by molar-refractivity contribution is 0.0697. The van der Waals surface area contributed by atoms with E-state index in [4.69, 9.17) is 0 Å².